The molecule has 1 unspecified atom stereocenters. The highest BCUT2D eigenvalue weighted by molar-refractivity contribution is 7.54. The molecule has 0 aliphatic rings. The number of nitrogens with zero attached hydrogens (tertiary/aromatic N) is 1. The number of carboxylic acids is 1. The molecule has 0 amide bonds. The molecule has 0 aliphatic carbocycles. The lowest BCUT2D eigenvalue weighted by Gasteiger charge is -2.23. The third kappa shape index (κ3) is 2.16. The maximum atomic E-state index is 11.2. The quantitative estimate of drug-likeness (QED) is 0.421. The smallest absolute Gasteiger partial charge is 0.368 e. The number of rotatable bonds is 4. The minimum absolute atomic E-state index is 0.0492. The van der Waals surface area contributed by atoms with Crippen molar-refractivity contribution in [2.75, 3.05) is 0 Å². The number of aromatic hydroxyl groups is 1. The number of aromatic nitrogens is 2. The average molecular weight is 302 g/mol. The van der Waals surface area contributed by atoms with Crippen molar-refractivity contribution in [1.82, 2.24) is 9.97 Å². The number of aromatic amines is 1. The van der Waals surface area contributed by atoms with Gasteiger partial charge in [-0.05, 0) is 5.56 Å². The van der Waals surface area contributed by atoms with E-state index >= 15 is 0 Å². The summed E-state index contributed by atoms with van der Waals surface area (Å²) in [5, 5.41) is 25.2. The van der Waals surface area contributed by atoms with Gasteiger partial charge < -0.3 is 30.1 Å². The number of pyridine rings is 1. The van der Waals surface area contributed by atoms with Crippen LogP contribution >= 0.6 is 7.60 Å². The van der Waals surface area contributed by atoms with Gasteiger partial charge in [-0.25, -0.2) is 4.79 Å². The minimum atomic E-state index is -5.33. The molecule has 20 heavy (non-hydrogen) atoms. The van der Waals surface area contributed by atoms with Crippen molar-refractivity contribution in [1.29, 1.82) is 0 Å². The Hall–Kier alpha value is -1.93. The Bertz CT molecular complexity index is 721. The predicted octanol–water partition coefficient (Wildman–Crippen LogP) is -0.238. The highest BCUT2D eigenvalue weighted by Crippen LogP contribution is 2.51. The van der Waals surface area contributed by atoms with Gasteiger partial charge in [0.1, 0.15) is 5.75 Å². The van der Waals surface area contributed by atoms with E-state index < -0.39 is 25.3 Å². The summed E-state index contributed by atoms with van der Waals surface area (Å²) in [6.07, 6.45) is 2.81. The van der Waals surface area contributed by atoms with E-state index in [1.807, 2.05) is 0 Å². The topological polar surface area (TPSA) is 164 Å². The molecule has 6 N–H and O–H groups in total. The largest absolute Gasteiger partial charge is 0.506 e. The van der Waals surface area contributed by atoms with Gasteiger partial charge in [-0.15, -0.1) is 0 Å². The van der Waals surface area contributed by atoms with E-state index in [1.54, 1.807) is 0 Å². The molecule has 108 valence electrons. The molecule has 2 rings (SSSR count). The number of hydrogen-bond acceptors (Lipinski definition) is 5. The first-order valence-electron chi connectivity index (χ1n) is 5.31. The summed E-state index contributed by atoms with van der Waals surface area (Å²) in [6, 6.07) is 0. The number of aliphatic carboxylic acids is 1. The summed E-state index contributed by atoms with van der Waals surface area (Å²) in [6.45, 7) is 0. The second-order valence-electron chi connectivity index (χ2n) is 4.24. The SMILES string of the molecule is O=C(O)C(O)(Cc1c[nH]c2cncc(O)c12)P(=O)(O)O. The Labute approximate surface area is 111 Å². The molecule has 0 bridgehead atoms. The maximum absolute atomic E-state index is 11.2. The summed E-state index contributed by atoms with van der Waals surface area (Å²) in [5.41, 5.74) is 0.395. The normalized spacial score (nSPS) is 15.2. The van der Waals surface area contributed by atoms with Gasteiger partial charge in [0.2, 0.25) is 0 Å². The molecule has 10 heteroatoms. The van der Waals surface area contributed by atoms with Gasteiger partial charge in [-0.2, -0.15) is 0 Å². The van der Waals surface area contributed by atoms with Gasteiger partial charge in [-0.1, -0.05) is 0 Å². The van der Waals surface area contributed by atoms with Crippen molar-refractivity contribution < 1.29 is 34.5 Å². The van der Waals surface area contributed by atoms with Crippen molar-refractivity contribution >= 4 is 24.5 Å². The fourth-order valence-electron chi connectivity index (χ4n) is 1.84. The second-order valence-corrected chi connectivity index (χ2v) is 6.07. The van der Waals surface area contributed by atoms with Crippen LogP contribution in [-0.2, 0) is 15.8 Å². The van der Waals surface area contributed by atoms with Crippen molar-refractivity contribution in [3.05, 3.63) is 24.2 Å². The molecule has 1 atom stereocenters. The monoisotopic (exact) mass is 302 g/mol. The average Bonchev–Trinajstić information content (AvgIpc) is 2.72. The maximum Gasteiger partial charge on any atom is 0.368 e. The number of nitrogens with one attached hydrogen (secondary N) is 1. The van der Waals surface area contributed by atoms with Gasteiger partial charge in [-0.3, -0.25) is 9.55 Å². The van der Waals surface area contributed by atoms with Crippen LogP contribution in [0.1, 0.15) is 5.56 Å². The summed E-state index contributed by atoms with van der Waals surface area (Å²) < 4.78 is 11.2. The summed E-state index contributed by atoms with van der Waals surface area (Å²) in [5.74, 6) is -2.34. The number of aliphatic hydroxyl groups is 1. The molecule has 0 aliphatic heterocycles. The van der Waals surface area contributed by atoms with E-state index in [9.17, 15) is 19.6 Å². The van der Waals surface area contributed by atoms with E-state index in [4.69, 9.17) is 14.9 Å². The van der Waals surface area contributed by atoms with E-state index in [0.29, 0.717) is 5.52 Å². The number of H-pyrrole nitrogens is 1. The lowest BCUT2D eigenvalue weighted by Crippen LogP contribution is -2.40. The Morgan fingerprint density at radius 2 is 2.05 bits per heavy atom. The molecule has 0 saturated heterocycles. The number of carboxylic acid groups (broad SMARTS) is 1. The molecule has 2 aromatic heterocycles. The van der Waals surface area contributed by atoms with Crippen molar-refractivity contribution in [2.24, 2.45) is 0 Å². The van der Waals surface area contributed by atoms with Gasteiger partial charge >= 0.3 is 13.6 Å². The summed E-state index contributed by atoms with van der Waals surface area (Å²) in [7, 11) is -5.33. The van der Waals surface area contributed by atoms with Crippen LogP contribution in [-0.4, -0.2) is 46.4 Å². The molecule has 0 radical (unpaired) electrons. The van der Waals surface area contributed by atoms with Gasteiger partial charge in [0.05, 0.1) is 17.9 Å². The lowest BCUT2D eigenvalue weighted by molar-refractivity contribution is -0.151. The van der Waals surface area contributed by atoms with Crippen molar-refractivity contribution in [3.63, 3.8) is 0 Å². The van der Waals surface area contributed by atoms with E-state index in [1.165, 1.54) is 12.4 Å². The fourth-order valence-corrected chi connectivity index (χ4v) is 2.47. The van der Waals surface area contributed by atoms with Crippen molar-refractivity contribution in [2.45, 2.75) is 11.8 Å². The zero-order valence-electron chi connectivity index (χ0n) is 9.89. The first-order valence-corrected chi connectivity index (χ1v) is 6.92. The van der Waals surface area contributed by atoms with E-state index in [2.05, 4.69) is 9.97 Å². The van der Waals surface area contributed by atoms with Gasteiger partial charge in [0.15, 0.2) is 0 Å². The van der Waals surface area contributed by atoms with Crippen LogP contribution in [0.2, 0.25) is 0 Å². The third-order valence-corrected chi connectivity index (χ3v) is 4.22. The Balaban J connectivity index is 2.56. The standard InChI is InChI=1S/C10H11N2O7P/c13-7-4-11-3-6-8(7)5(2-12-6)1-10(16,9(14)15)20(17,18)19/h2-4,12-13,16H,1H2,(H,14,15)(H2,17,18,19). The minimum Gasteiger partial charge on any atom is -0.506 e. The molecule has 0 fully saturated rings. The van der Waals surface area contributed by atoms with Crippen LogP contribution in [0.25, 0.3) is 10.9 Å². The van der Waals surface area contributed by atoms with Crippen LogP contribution in [0, 0.1) is 0 Å². The zero-order valence-corrected chi connectivity index (χ0v) is 10.8. The fraction of sp³-hybridized carbons (Fsp3) is 0.200. The second kappa shape index (κ2) is 4.57. The first kappa shape index (κ1) is 14.5. The van der Waals surface area contributed by atoms with Crippen LogP contribution < -0.4 is 0 Å². The van der Waals surface area contributed by atoms with Crippen LogP contribution in [0.3, 0.4) is 0 Å². The van der Waals surface area contributed by atoms with Crippen LogP contribution in [0.5, 0.6) is 5.75 Å². The van der Waals surface area contributed by atoms with E-state index in [0.717, 1.165) is 6.20 Å². The predicted molar refractivity (Wildman–Crippen MR) is 66.1 cm³/mol. The van der Waals surface area contributed by atoms with Crippen LogP contribution in [0.4, 0.5) is 0 Å². The Kier molecular flexibility index (Phi) is 3.31. The molecule has 0 spiro atoms. The zero-order chi connectivity index (χ0) is 15.1. The summed E-state index contributed by atoms with van der Waals surface area (Å²) >= 11 is 0. The molecular weight excluding hydrogens is 291 g/mol. The molecular formula is C10H11N2O7P. The molecule has 0 aromatic carbocycles. The molecule has 2 heterocycles. The van der Waals surface area contributed by atoms with Gasteiger partial charge in [0, 0.05) is 18.0 Å². The first-order chi connectivity index (χ1) is 9.17. The van der Waals surface area contributed by atoms with Crippen molar-refractivity contribution in [3.8, 4) is 5.75 Å². The Morgan fingerprint density at radius 3 is 2.60 bits per heavy atom. The number of carbonyl (C=O) groups is 1. The molecule has 0 saturated carbocycles. The molecule has 9 nitrogen and oxygen atoms in total. The van der Waals surface area contributed by atoms with Gasteiger partial charge in [0.25, 0.3) is 5.34 Å². The molecule has 2 aromatic rings. The number of fused-ring (bicyclic) bond motifs is 1. The summed E-state index contributed by atoms with van der Waals surface area (Å²) in [4.78, 5) is 35.4. The third-order valence-electron chi connectivity index (χ3n) is 2.91. The van der Waals surface area contributed by atoms with Crippen LogP contribution in [0.15, 0.2) is 18.6 Å². The highest BCUT2D eigenvalue weighted by Gasteiger charge is 2.53. The highest BCUT2D eigenvalue weighted by atomic mass is 31.2. The Morgan fingerprint density at radius 1 is 1.40 bits per heavy atom. The van der Waals surface area contributed by atoms with E-state index in [-0.39, 0.29) is 16.7 Å². The lowest BCUT2D eigenvalue weighted by atomic mass is 10.1. The number of hydrogen-bond donors (Lipinski definition) is 6.